The van der Waals surface area contributed by atoms with Gasteiger partial charge >= 0.3 is 0 Å². The number of carbonyl (C=O) groups excluding carboxylic acids is 2. The first-order valence-corrected chi connectivity index (χ1v) is 13.4. The molecule has 2 amide bonds. The standard InChI is InChI=1S/C29H32Br2N2O3/c1-20-15-24(13-14-25(20)31)36-19-27(34)33(18-22-11-8-12-23(30)16-22)26(28(35)32-29(2,3)4)17-21-9-6-5-7-10-21/h5-16,26H,17-19H2,1-4H3,(H,32,35)/t26-/m0/s1. The molecule has 0 spiro atoms. The van der Waals surface area contributed by atoms with Crippen LogP contribution in [0.4, 0.5) is 0 Å². The van der Waals surface area contributed by atoms with Crippen molar-refractivity contribution >= 4 is 43.7 Å². The van der Waals surface area contributed by atoms with Gasteiger partial charge in [-0.1, -0.05) is 74.3 Å². The average Bonchev–Trinajstić information content (AvgIpc) is 2.81. The van der Waals surface area contributed by atoms with Crippen molar-refractivity contribution in [2.45, 2.75) is 52.2 Å². The lowest BCUT2D eigenvalue weighted by Gasteiger charge is -2.33. The van der Waals surface area contributed by atoms with E-state index in [1.807, 2.05) is 100 Å². The number of aryl methyl sites for hydroxylation is 1. The Morgan fingerprint density at radius 3 is 2.28 bits per heavy atom. The fourth-order valence-corrected chi connectivity index (χ4v) is 4.47. The molecule has 190 valence electrons. The smallest absolute Gasteiger partial charge is 0.261 e. The molecule has 1 atom stereocenters. The van der Waals surface area contributed by atoms with Crippen molar-refractivity contribution in [3.05, 3.63) is 98.4 Å². The van der Waals surface area contributed by atoms with Gasteiger partial charge in [0.1, 0.15) is 11.8 Å². The van der Waals surface area contributed by atoms with Gasteiger partial charge in [-0.3, -0.25) is 9.59 Å². The monoisotopic (exact) mass is 614 g/mol. The first kappa shape index (κ1) is 27.9. The van der Waals surface area contributed by atoms with Crippen molar-refractivity contribution in [1.82, 2.24) is 10.2 Å². The number of benzene rings is 3. The zero-order chi connectivity index (χ0) is 26.3. The molecule has 0 aliphatic carbocycles. The van der Waals surface area contributed by atoms with Gasteiger partial charge in [0, 0.05) is 27.4 Å². The van der Waals surface area contributed by atoms with Crippen LogP contribution < -0.4 is 10.1 Å². The maximum Gasteiger partial charge on any atom is 0.261 e. The highest BCUT2D eigenvalue weighted by Crippen LogP contribution is 2.23. The third kappa shape index (κ3) is 8.49. The molecular weight excluding hydrogens is 584 g/mol. The van der Waals surface area contributed by atoms with Crippen LogP contribution >= 0.6 is 31.9 Å². The van der Waals surface area contributed by atoms with Gasteiger partial charge < -0.3 is 15.0 Å². The van der Waals surface area contributed by atoms with Crippen LogP contribution in [-0.4, -0.2) is 34.9 Å². The third-order valence-electron chi connectivity index (χ3n) is 5.50. The largest absolute Gasteiger partial charge is 0.484 e. The van der Waals surface area contributed by atoms with Gasteiger partial charge in [0.05, 0.1) is 0 Å². The summed E-state index contributed by atoms with van der Waals surface area (Å²) in [6.45, 7) is 7.86. The molecule has 0 heterocycles. The zero-order valence-electron chi connectivity index (χ0n) is 21.1. The number of hydrogen-bond donors (Lipinski definition) is 1. The number of hydrogen-bond acceptors (Lipinski definition) is 3. The molecule has 0 fully saturated rings. The van der Waals surface area contributed by atoms with E-state index in [2.05, 4.69) is 37.2 Å². The summed E-state index contributed by atoms with van der Waals surface area (Å²) in [6.07, 6.45) is 0.389. The summed E-state index contributed by atoms with van der Waals surface area (Å²) in [5.74, 6) is 0.139. The zero-order valence-corrected chi connectivity index (χ0v) is 24.2. The number of ether oxygens (including phenoxy) is 1. The number of nitrogens with zero attached hydrogens (tertiary/aromatic N) is 1. The molecule has 0 radical (unpaired) electrons. The van der Waals surface area contributed by atoms with E-state index in [0.717, 1.165) is 25.6 Å². The van der Waals surface area contributed by atoms with Crippen molar-refractivity contribution in [3.63, 3.8) is 0 Å². The van der Waals surface area contributed by atoms with Crippen molar-refractivity contribution < 1.29 is 14.3 Å². The number of rotatable bonds is 9. The molecule has 0 aliphatic heterocycles. The van der Waals surface area contributed by atoms with Gasteiger partial charge in [-0.2, -0.15) is 0 Å². The van der Waals surface area contributed by atoms with E-state index < -0.39 is 11.6 Å². The molecule has 0 saturated carbocycles. The second-order valence-electron chi connectivity index (χ2n) is 9.80. The molecule has 3 rings (SSSR count). The fourth-order valence-electron chi connectivity index (χ4n) is 3.77. The summed E-state index contributed by atoms with van der Waals surface area (Å²) in [5, 5.41) is 3.07. The normalized spacial score (nSPS) is 12.1. The third-order valence-corrected chi connectivity index (χ3v) is 6.89. The highest BCUT2D eigenvalue weighted by Gasteiger charge is 2.32. The van der Waals surface area contributed by atoms with Crippen molar-refractivity contribution in [2.24, 2.45) is 0 Å². The van der Waals surface area contributed by atoms with E-state index in [-0.39, 0.29) is 25.0 Å². The Hall–Kier alpha value is -2.64. The van der Waals surface area contributed by atoms with Crippen LogP contribution in [0, 0.1) is 6.92 Å². The topological polar surface area (TPSA) is 58.6 Å². The maximum atomic E-state index is 13.7. The van der Waals surface area contributed by atoms with Crippen LogP contribution in [0.5, 0.6) is 5.75 Å². The first-order chi connectivity index (χ1) is 17.0. The lowest BCUT2D eigenvalue weighted by Crippen LogP contribution is -2.55. The molecule has 0 saturated heterocycles. The van der Waals surface area contributed by atoms with E-state index >= 15 is 0 Å². The highest BCUT2D eigenvalue weighted by atomic mass is 79.9. The van der Waals surface area contributed by atoms with Crippen LogP contribution in [0.15, 0.2) is 81.7 Å². The second-order valence-corrected chi connectivity index (χ2v) is 11.6. The van der Waals surface area contributed by atoms with Crippen molar-refractivity contribution in [1.29, 1.82) is 0 Å². The van der Waals surface area contributed by atoms with Crippen LogP contribution in [0.25, 0.3) is 0 Å². The average molecular weight is 616 g/mol. The predicted octanol–water partition coefficient (Wildman–Crippen LogP) is 6.45. The van der Waals surface area contributed by atoms with Gasteiger partial charge in [-0.25, -0.2) is 0 Å². The quantitative estimate of drug-likeness (QED) is 0.301. The number of nitrogens with one attached hydrogen (secondary N) is 1. The van der Waals surface area contributed by atoms with E-state index in [4.69, 9.17) is 4.74 Å². The van der Waals surface area contributed by atoms with Crippen molar-refractivity contribution in [3.8, 4) is 5.75 Å². The number of carbonyl (C=O) groups is 2. The summed E-state index contributed by atoms with van der Waals surface area (Å²) in [7, 11) is 0. The van der Waals surface area contributed by atoms with E-state index in [0.29, 0.717) is 12.2 Å². The summed E-state index contributed by atoms with van der Waals surface area (Å²) in [6, 6.07) is 22.4. The Bertz CT molecular complexity index is 1190. The number of amides is 2. The molecule has 3 aromatic carbocycles. The molecule has 0 aromatic heterocycles. The summed E-state index contributed by atoms with van der Waals surface area (Å²) in [4.78, 5) is 28.8. The van der Waals surface area contributed by atoms with Crippen LogP contribution in [-0.2, 0) is 22.6 Å². The lowest BCUT2D eigenvalue weighted by atomic mass is 10.0. The summed E-state index contributed by atoms with van der Waals surface area (Å²) >= 11 is 7.00. The van der Waals surface area contributed by atoms with Gasteiger partial charge in [-0.05, 0) is 74.7 Å². The predicted molar refractivity (Wildman–Crippen MR) is 151 cm³/mol. The molecule has 0 aliphatic rings. The first-order valence-electron chi connectivity index (χ1n) is 11.8. The SMILES string of the molecule is Cc1cc(OCC(=O)N(Cc2cccc(Br)c2)[C@@H](Cc2ccccc2)C(=O)NC(C)(C)C)ccc1Br. The minimum absolute atomic E-state index is 0.177. The summed E-state index contributed by atoms with van der Waals surface area (Å²) in [5.41, 5.74) is 2.46. The Labute approximate surface area is 230 Å². The molecule has 1 N–H and O–H groups in total. The Kier molecular flexibility index (Phi) is 9.74. The minimum Gasteiger partial charge on any atom is -0.484 e. The van der Waals surface area contributed by atoms with Crippen LogP contribution in [0.3, 0.4) is 0 Å². The van der Waals surface area contributed by atoms with Gasteiger partial charge in [0.2, 0.25) is 5.91 Å². The van der Waals surface area contributed by atoms with E-state index in [1.165, 1.54) is 0 Å². The van der Waals surface area contributed by atoms with Gasteiger partial charge in [-0.15, -0.1) is 0 Å². The highest BCUT2D eigenvalue weighted by molar-refractivity contribution is 9.10. The molecule has 0 bridgehead atoms. The number of halogens is 2. The molecule has 7 heteroatoms. The molecule has 5 nitrogen and oxygen atoms in total. The molecular formula is C29H32Br2N2O3. The van der Waals surface area contributed by atoms with E-state index in [9.17, 15) is 9.59 Å². The minimum atomic E-state index is -0.714. The Morgan fingerprint density at radius 1 is 0.944 bits per heavy atom. The lowest BCUT2D eigenvalue weighted by molar-refractivity contribution is -0.143. The summed E-state index contributed by atoms with van der Waals surface area (Å²) < 4.78 is 7.76. The van der Waals surface area contributed by atoms with Crippen LogP contribution in [0.1, 0.15) is 37.5 Å². The van der Waals surface area contributed by atoms with E-state index in [1.54, 1.807) is 4.90 Å². The van der Waals surface area contributed by atoms with Gasteiger partial charge in [0.25, 0.3) is 5.91 Å². The Morgan fingerprint density at radius 2 is 1.64 bits per heavy atom. The van der Waals surface area contributed by atoms with Gasteiger partial charge in [0.15, 0.2) is 6.61 Å². The molecule has 3 aromatic rings. The molecule has 36 heavy (non-hydrogen) atoms. The Balaban J connectivity index is 1.93. The molecule has 0 unspecified atom stereocenters. The second kappa shape index (κ2) is 12.5. The maximum absolute atomic E-state index is 13.7. The van der Waals surface area contributed by atoms with Crippen LogP contribution in [0.2, 0.25) is 0 Å². The van der Waals surface area contributed by atoms with Crippen molar-refractivity contribution in [2.75, 3.05) is 6.61 Å². The fraction of sp³-hybridized carbons (Fsp3) is 0.310.